The zero-order valence-electron chi connectivity index (χ0n) is 11.7. The molecule has 0 fully saturated rings. The third-order valence-corrected chi connectivity index (χ3v) is 3.95. The van der Waals surface area contributed by atoms with Gasteiger partial charge in [0.1, 0.15) is 0 Å². The van der Waals surface area contributed by atoms with E-state index in [2.05, 4.69) is 0 Å². The van der Waals surface area contributed by atoms with E-state index < -0.39 is 0 Å². The number of benzene rings is 2. The summed E-state index contributed by atoms with van der Waals surface area (Å²) in [6.07, 6.45) is 0.835. The van der Waals surface area contributed by atoms with Crippen LogP contribution in [0.25, 0.3) is 0 Å². The molecular weight excluding hydrogens is 288 g/mol. The maximum atomic E-state index is 12.6. The molecule has 0 unspecified atom stereocenters. The van der Waals surface area contributed by atoms with Gasteiger partial charge in [-0.05, 0) is 36.8 Å². The van der Waals surface area contributed by atoms with Gasteiger partial charge in [0, 0.05) is 17.5 Å². The van der Waals surface area contributed by atoms with Gasteiger partial charge in [0.2, 0.25) is 0 Å². The number of carbonyl (C=O) groups is 1. The highest BCUT2D eigenvalue weighted by Gasteiger charge is 2.17. The largest absolute Gasteiger partial charge is 0.490 e. The van der Waals surface area contributed by atoms with Gasteiger partial charge in [0.05, 0.1) is 18.2 Å². The lowest BCUT2D eigenvalue weighted by atomic mass is 10.0. The molecule has 1 aliphatic heterocycles. The predicted octanol–water partition coefficient (Wildman–Crippen LogP) is 4.04. The quantitative estimate of drug-likeness (QED) is 0.785. The van der Waals surface area contributed by atoms with Gasteiger partial charge in [-0.25, -0.2) is 0 Å². The summed E-state index contributed by atoms with van der Waals surface area (Å²) in [5.41, 5.74) is 1.94. The van der Waals surface area contributed by atoms with Crippen LogP contribution in [0.3, 0.4) is 0 Å². The number of aryl methyl sites for hydroxylation is 1. The van der Waals surface area contributed by atoms with Crippen molar-refractivity contribution >= 4 is 17.4 Å². The molecule has 1 aliphatic rings. The number of carbonyl (C=O) groups excluding carboxylic acids is 1. The maximum absolute atomic E-state index is 12.6. The highest BCUT2D eigenvalue weighted by molar-refractivity contribution is 6.35. The summed E-state index contributed by atoms with van der Waals surface area (Å²) >= 11 is 6.23. The van der Waals surface area contributed by atoms with Crippen LogP contribution < -0.4 is 9.47 Å². The van der Waals surface area contributed by atoms with E-state index in [4.69, 9.17) is 21.1 Å². The Morgan fingerprint density at radius 1 is 1.10 bits per heavy atom. The van der Waals surface area contributed by atoms with Crippen LogP contribution in [0.4, 0.5) is 0 Å². The first kappa shape index (κ1) is 14.0. The standard InChI is InChI=1S/C17H15ClO3/c1-11-4-2-5-13(16(11)18)17(19)12-6-7-14-15(10-12)21-9-3-8-20-14/h2,4-7,10H,3,8-9H2,1H3. The first-order chi connectivity index (χ1) is 10.2. The summed E-state index contributed by atoms with van der Waals surface area (Å²) < 4.78 is 11.2. The van der Waals surface area contributed by atoms with Crippen LogP contribution in [-0.4, -0.2) is 19.0 Å². The Morgan fingerprint density at radius 3 is 2.67 bits per heavy atom. The van der Waals surface area contributed by atoms with Crippen molar-refractivity contribution < 1.29 is 14.3 Å². The topological polar surface area (TPSA) is 35.5 Å². The third-order valence-electron chi connectivity index (χ3n) is 3.45. The van der Waals surface area contributed by atoms with Crippen LogP contribution in [0.15, 0.2) is 36.4 Å². The van der Waals surface area contributed by atoms with Gasteiger partial charge in [0.25, 0.3) is 0 Å². The molecule has 0 saturated heterocycles. The Kier molecular flexibility index (Phi) is 3.84. The number of halogens is 1. The van der Waals surface area contributed by atoms with Crippen molar-refractivity contribution in [1.29, 1.82) is 0 Å². The first-order valence-electron chi connectivity index (χ1n) is 6.86. The maximum Gasteiger partial charge on any atom is 0.194 e. The zero-order valence-corrected chi connectivity index (χ0v) is 12.4. The Labute approximate surface area is 128 Å². The predicted molar refractivity (Wildman–Crippen MR) is 81.7 cm³/mol. The fourth-order valence-corrected chi connectivity index (χ4v) is 2.49. The molecular formula is C17H15ClO3. The van der Waals surface area contributed by atoms with Gasteiger partial charge in [-0.3, -0.25) is 4.79 Å². The minimum absolute atomic E-state index is 0.112. The van der Waals surface area contributed by atoms with E-state index in [1.165, 1.54) is 0 Å². The summed E-state index contributed by atoms with van der Waals surface area (Å²) in [5.74, 6) is 1.18. The van der Waals surface area contributed by atoms with Crippen LogP contribution in [-0.2, 0) is 0 Å². The van der Waals surface area contributed by atoms with Crippen molar-refractivity contribution in [1.82, 2.24) is 0 Å². The summed E-state index contributed by atoms with van der Waals surface area (Å²) in [6.45, 7) is 3.10. The first-order valence-corrected chi connectivity index (χ1v) is 7.24. The summed E-state index contributed by atoms with van der Waals surface area (Å²) in [6, 6.07) is 10.7. The Balaban J connectivity index is 1.98. The molecule has 3 rings (SSSR count). The van der Waals surface area contributed by atoms with Gasteiger partial charge in [0.15, 0.2) is 17.3 Å². The smallest absolute Gasteiger partial charge is 0.194 e. The minimum Gasteiger partial charge on any atom is -0.490 e. The van der Waals surface area contributed by atoms with Gasteiger partial charge >= 0.3 is 0 Å². The molecule has 2 aromatic rings. The molecule has 0 bridgehead atoms. The van der Waals surface area contributed by atoms with E-state index in [1.807, 2.05) is 19.1 Å². The van der Waals surface area contributed by atoms with Crippen molar-refractivity contribution in [3.8, 4) is 11.5 Å². The van der Waals surface area contributed by atoms with Crippen molar-refractivity contribution in [3.05, 3.63) is 58.1 Å². The van der Waals surface area contributed by atoms with E-state index in [9.17, 15) is 4.79 Å². The van der Waals surface area contributed by atoms with Crippen LogP contribution in [0, 0.1) is 6.92 Å². The lowest BCUT2D eigenvalue weighted by Crippen LogP contribution is -2.04. The molecule has 0 atom stereocenters. The normalized spacial score (nSPS) is 13.6. The van der Waals surface area contributed by atoms with Crippen molar-refractivity contribution in [2.45, 2.75) is 13.3 Å². The SMILES string of the molecule is Cc1cccc(C(=O)c2ccc3c(c2)OCCCO3)c1Cl. The van der Waals surface area contributed by atoms with E-state index in [0.29, 0.717) is 40.9 Å². The molecule has 0 radical (unpaired) electrons. The van der Waals surface area contributed by atoms with E-state index in [-0.39, 0.29) is 5.78 Å². The average molecular weight is 303 g/mol. The lowest BCUT2D eigenvalue weighted by molar-refractivity contribution is 0.103. The molecule has 0 spiro atoms. The fourth-order valence-electron chi connectivity index (χ4n) is 2.28. The molecule has 0 aromatic heterocycles. The van der Waals surface area contributed by atoms with Crippen LogP contribution in [0.2, 0.25) is 5.02 Å². The van der Waals surface area contributed by atoms with Crippen LogP contribution in [0.1, 0.15) is 27.9 Å². The molecule has 1 heterocycles. The van der Waals surface area contributed by atoms with Gasteiger partial charge in [-0.1, -0.05) is 23.7 Å². The van der Waals surface area contributed by atoms with E-state index >= 15 is 0 Å². The Hall–Kier alpha value is -2.00. The summed E-state index contributed by atoms with van der Waals surface area (Å²) in [7, 11) is 0. The van der Waals surface area contributed by atoms with Crippen molar-refractivity contribution in [3.63, 3.8) is 0 Å². The lowest BCUT2D eigenvalue weighted by Gasteiger charge is -2.10. The molecule has 21 heavy (non-hydrogen) atoms. The number of fused-ring (bicyclic) bond motifs is 1. The van der Waals surface area contributed by atoms with Crippen LogP contribution in [0.5, 0.6) is 11.5 Å². The molecule has 0 amide bonds. The summed E-state index contributed by atoms with van der Waals surface area (Å²) in [5, 5.41) is 0.495. The zero-order chi connectivity index (χ0) is 14.8. The van der Waals surface area contributed by atoms with E-state index in [1.54, 1.807) is 24.3 Å². The Morgan fingerprint density at radius 2 is 1.86 bits per heavy atom. The molecule has 0 saturated carbocycles. The highest BCUT2D eigenvalue weighted by atomic mass is 35.5. The number of hydrogen-bond acceptors (Lipinski definition) is 3. The molecule has 0 aliphatic carbocycles. The molecule has 0 N–H and O–H groups in total. The molecule has 4 heteroatoms. The number of hydrogen-bond donors (Lipinski definition) is 0. The second-order valence-corrected chi connectivity index (χ2v) is 5.36. The molecule has 108 valence electrons. The minimum atomic E-state index is -0.112. The Bertz CT molecular complexity index is 694. The highest BCUT2D eigenvalue weighted by Crippen LogP contribution is 2.32. The van der Waals surface area contributed by atoms with Crippen LogP contribution >= 0.6 is 11.6 Å². The monoisotopic (exact) mass is 302 g/mol. The van der Waals surface area contributed by atoms with Crippen molar-refractivity contribution in [2.24, 2.45) is 0 Å². The average Bonchev–Trinajstić information content (AvgIpc) is 2.74. The number of ether oxygens (including phenoxy) is 2. The molecule has 2 aromatic carbocycles. The fraction of sp³-hybridized carbons (Fsp3) is 0.235. The second kappa shape index (κ2) is 5.78. The molecule has 3 nitrogen and oxygen atoms in total. The second-order valence-electron chi connectivity index (χ2n) is 4.98. The third kappa shape index (κ3) is 2.74. The van der Waals surface area contributed by atoms with Gasteiger partial charge in [-0.2, -0.15) is 0 Å². The van der Waals surface area contributed by atoms with Gasteiger partial charge < -0.3 is 9.47 Å². The number of ketones is 1. The van der Waals surface area contributed by atoms with Crippen molar-refractivity contribution in [2.75, 3.05) is 13.2 Å². The van der Waals surface area contributed by atoms with E-state index in [0.717, 1.165) is 12.0 Å². The summed E-state index contributed by atoms with van der Waals surface area (Å²) in [4.78, 5) is 12.6. The van der Waals surface area contributed by atoms with Gasteiger partial charge in [-0.15, -0.1) is 0 Å². The number of rotatable bonds is 2.